The number of nitrogens with zero attached hydrogens (tertiary/aromatic N) is 1. The molecule has 2 rings (SSSR count). The first-order valence-electron chi connectivity index (χ1n) is 6.82. The van der Waals surface area contributed by atoms with E-state index >= 15 is 0 Å². The first kappa shape index (κ1) is 13.9. The van der Waals surface area contributed by atoms with Crippen molar-refractivity contribution < 1.29 is 0 Å². The van der Waals surface area contributed by atoms with Crippen LogP contribution in [-0.4, -0.2) is 22.3 Å². The normalized spacial score (nSPS) is 17.0. The number of hydrogen-bond acceptors (Lipinski definition) is 2. The van der Waals surface area contributed by atoms with Crippen LogP contribution in [0.3, 0.4) is 0 Å². The quantitative estimate of drug-likeness (QED) is 0.735. The minimum atomic E-state index is 0.996. The van der Waals surface area contributed by atoms with Gasteiger partial charge in [-0.25, -0.2) is 0 Å². The fourth-order valence-electron chi connectivity index (χ4n) is 2.24. The average Bonchev–Trinajstić information content (AvgIpc) is 2.37. The van der Waals surface area contributed by atoms with Crippen molar-refractivity contribution in [2.45, 2.75) is 37.9 Å². The van der Waals surface area contributed by atoms with Gasteiger partial charge in [0.15, 0.2) is 0 Å². The Hall–Kier alpha value is -0.540. The maximum atomic E-state index is 5.57. The average molecular weight is 279 g/mol. The minimum absolute atomic E-state index is 0.996. The van der Waals surface area contributed by atoms with Gasteiger partial charge in [0.05, 0.1) is 0 Å². The van der Waals surface area contributed by atoms with E-state index in [4.69, 9.17) is 12.2 Å². The van der Waals surface area contributed by atoms with Crippen molar-refractivity contribution in [2.24, 2.45) is 0 Å². The van der Waals surface area contributed by atoms with Crippen LogP contribution < -0.4 is 0 Å². The highest BCUT2D eigenvalue weighted by Crippen LogP contribution is 2.19. The largest absolute Gasteiger partial charge is 0.358 e. The van der Waals surface area contributed by atoms with Gasteiger partial charge in [-0.15, -0.1) is 0 Å². The molecular weight excluding hydrogens is 258 g/mol. The summed E-state index contributed by atoms with van der Waals surface area (Å²) in [4.78, 5) is 2.40. The molecule has 1 aliphatic rings. The molecule has 1 fully saturated rings. The molecule has 1 heterocycles. The number of hydrogen-bond donors (Lipinski definition) is 0. The molecule has 0 aromatic heterocycles. The van der Waals surface area contributed by atoms with E-state index in [1.54, 1.807) is 0 Å². The Morgan fingerprint density at radius 3 is 2.28 bits per heavy atom. The van der Waals surface area contributed by atoms with Crippen LogP contribution in [0.5, 0.6) is 0 Å². The van der Waals surface area contributed by atoms with Crippen molar-refractivity contribution in [1.82, 2.24) is 4.90 Å². The number of rotatable bonds is 2. The third-order valence-electron chi connectivity index (χ3n) is 3.32. The van der Waals surface area contributed by atoms with Crippen LogP contribution in [0, 0.1) is 0 Å². The molecular formula is C15H21NS2. The standard InChI is InChI=1S/C15H21NS2/c17-15(16-11-7-2-1-3-8-12-16)18-13-14-9-5-4-6-10-14/h4-6,9-10H,1-3,7-8,11-13H2. The highest BCUT2D eigenvalue weighted by Gasteiger charge is 2.11. The molecule has 0 saturated carbocycles. The summed E-state index contributed by atoms with van der Waals surface area (Å²) in [6.07, 6.45) is 6.72. The lowest BCUT2D eigenvalue weighted by Crippen LogP contribution is -2.30. The maximum absolute atomic E-state index is 5.57. The zero-order valence-corrected chi connectivity index (χ0v) is 12.4. The van der Waals surface area contributed by atoms with E-state index in [0.717, 1.165) is 23.2 Å². The molecule has 18 heavy (non-hydrogen) atoms. The molecule has 1 aliphatic heterocycles. The third kappa shape index (κ3) is 4.62. The van der Waals surface area contributed by atoms with E-state index < -0.39 is 0 Å². The Balaban J connectivity index is 1.79. The SMILES string of the molecule is S=C(SCc1ccccc1)N1CCCCCCC1. The van der Waals surface area contributed by atoms with Crippen LogP contribution in [0.25, 0.3) is 0 Å². The van der Waals surface area contributed by atoms with Gasteiger partial charge >= 0.3 is 0 Å². The van der Waals surface area contributed by atoms with Crippen molar-refractivity contribution in [3.05, 3.63) is 35.9 Å². The summed E-state index contributed by atoms with van der Waals surface area (Å²) in [6, 6.07) is 10.6. The molecule has 1 saturated heterocycles. The Labute approximate surface area is 120 Å². The van der Waals surface area contributed by atoms with Crippen LogP contribution in [0.1, 0.15) is 37.7 Å². The molecule has 1 aromatic rings. The first-order valence-corrected chi connectivity index (χ1v) is 8.21. The predicted octanol–water partition coefficient (Wildman–Crippen LogP) is 4.47. The fraction of sp³-hybridized carbons (Fsp3) is 0.533. The Morgan fingerprint density at radius 2 is 1.61 bits per heavy atom. The van der Waals surface area contributed by atoms with Gasteiger partial charge in [-0.05, 0) is 18.4 Å². The molecule has 0 N–H and O–H groups in total. The Bertz CT molecular complexity index is 356. The summed E-state index contributed by atoms with van der Waals surface area (Å²) in [5.74, 6) is 0.996. The van der Waals surface area contributed by atoms with Gasteiger partial charge in [-0.2, -0.15) is 0 Å². The summed E-state index contributed by atoms with van der Waals surface area (Å²) >= 11 is 7.38. The highest BCUT2D eigenvalue weighted by atomic mass is 32.2. The monoisotopic (exact) mass is 279 g/mol. The topological polar surface area (TPSA) is 3.24 Å². The Kier molecular flexibility index (Phi) is 6.01. The van der Waals surface area contributed by atoms with E-state index in [2.05, 4.69) is 35.2 Å². The van der Waals surface area contributed by atoms with E-state index in [-0.39, 0.29) is 0 Å². The van der Waals surface area contributed by atoms with Gasteiger partial charge in [0.25, 0.3) is 0 Å². The van der Waals surface area contributed by atoms with Crippen LogP contribution in [0.4, 0.5) is 0 Å². The smallest absolute Gasteiger partial charge is 0.136 e. The molecule has 0 radical (unpaired) electrons. The van der Waals surface area contributed by atoms with E-state index in [0.29, 0.717) is 0 Å². The molecule has 1 nitrogen and oxygen atoms in total. The summed E-state index contributed by atoms with van der Waals surface area (Å²) in [7, 11) is 0. The predicted molar refractivity (Wildman–Crippen MR) is 85.0 cm³/mol. The van der Waals surface area contributed by atoms with Crippen molar-refractivity contribution in [1.29, 1.82) is 0 Å². The minimum Gasteiger partial charge on any atom is -0.358 e. The summed E-state index contributed by atoms with van der Waals surface area (Å²) in [5, 5.41) is 0. The lowest BCUT2D eigenvalue weighted by molar-refractivity contribution is 0.372. The van der Waals surface area contributed by atoms with E-state index in [1.807, 2.05) is 11.8 Å². The fourth-order valence-corrected chi connectivity index (χ4v) is 3.45. The van der Waals surface area contributed by atoms with Crippen molar-refractivity contribution in [2.75, 3.05) is 13.1 Å². The van der Waals surface area contributed by atoms with Gasteiger partial charge in [0.1, 0.15) is 4.32 Å². The van der Waals surface area contributed by atoms with Crippen LogP contribution in [-0.2, 0) is 5.75 Å². The van der Waals surface area contributed by atoms with Crippen molar-refractivity contribution in [3.63, 3.8) is 0 Å². The molecule has 0 aliphatic carbocycles. The second-order valence-corrected chi connectivity index (χ2v) is 6.40. The number of likely N-dealkylation sites (tertiary alicyclic amines) is 1. The van der Waals surface area contributed by atoms with Gasteiger partial charge in [-0.1, -0.05) is 73.6 Å². The lowest BCUT2D eigenvalue weighted by Gasteiger charge is -2.26. The van der Waals surface area contributed by atoms with Crippen LogP contribution in [0.2, 0.25) is 0 Å². The Morgan fingerprint density at radius 1 is 1.00 bits per heavy atom. The van der Waals surface area contributed by atoms with Gasteiger partial charge in [-0.3, -0.25) is 0 Å². The molecule has 0 spiro atoms. The van der Waals surface area contributed by atoms with Gasteiger partial charge in [0, 0.05) is 18.8 Å². The molecule has 0 atom stereocenters. The van der Waals surface area contributed by atoms with Crippen LogP contribution >= 0.6 is 24.0 Å². The molecule has 0 unspecified atom stereocenters. The zero-order chi connectivity index (χ0) is 12.6. The van der Waals surface area contributed by atoms with Crippen molar-refractivity contribution in [3.8, 4) is 0 Å². The molecule has 0 bridgehead atoms. The third-order valence-corrected chi connectivity index (χ3v) is 4.91. The van der Waals surface area contributed by atoms with Crippen LogP contribution in [0.15, 0.2) is 30.3 Å². The van der Waals surface area contributed by atoms with Gasteiger partial charge in [0.2, 0.25) is 0 Å². The number of thioether (sulfide) groups is 1. The summed E-state index contributed by atoms with van der Waals surface area (Å²) in [6.45, 7) is 2.31. The van der Waals surface area contributed by atoms with E-state index in [1.165, 1.54) is 37.7 Å². The second-order valence-electron chi connectivity index (χ2n) is 4.79. The maximum Gasteiger partial charge on any atom is 0.136 e. The first-order chi connectivity index (χ1) is 8.86. The molecule has 0 amide bonds. The molecule has 98 valence electrons. The lowest BCUT2D eigenvalue weighted by atomic mass is 10.1. The molecule has 1 aromatic carbocycles. The number of benzene rings is 1. The zero-order valence-electron chi connectivity index (χ0n) is 10.8. The highest BCUT2D eigenvalue weighted by molar-refractivity contribution is 8.22. The second kappa shape index (κ2) is 7.80. The summed E-state index contributed by atoms with van der Waals surface area (Å²) in [5.41, 5.74) is 1.36. The number of thiocarbonyl (C=S) groups is 1. The molecule has 3 heteroatoms. The van der Waals surface area contributed by atoms with Gasteiger partial charge < -0.3 is 4.90 Å². The van der Waals surface area contributed by atoms with Crippen molar-refractivity contribution >= 4 is 28.3 Å². The summed E-state index contributed by atoms with van der Waals surface area (Å²) < 4.78 is 1.08. The van der Waals surface area contributed by atoms with E-state index in [9.17, 15) is 0 Å².